The maximum atomic E-state index is 12.1. The smallest absolute Gasteiger partial charge is 0.225 e. The molecule has 0 radical (unpaired) electrons. The van der Waals surface area contributed by atoms with Gasteiger partial charge in [-0.3, -0.25) is 4.79 Å². The summed E-state index contributed by atoms with van der Waals surface area (Å²) in [6, 6.07) is 4.20. The number of nitrogens with one attached hydrogen (secondary N) is 1. The van der Waals surface area contributed by atoms with E-state index in [1.807, 2.05) is 17.5 Å². The zero-order valence-electron chi connectivity index (χ0n) is 13.4. The molecule has 4 nitrogen and oxygen atoms in total. The lowest BCUT2D eigenvalue weighted by Gasteiger charge is -2.24. The molecule has 2 aromatic heterocycles. The minimum atomic E-state index is 0.0717. The van der Waals surface area contributed by atoms with Crippen molar-refractivity contribution in [3.8, 4) is 0 Å². The number of carbonyl (C=O) groups is 1. The first kappa shape index (κ1) is 15.3. The van der Waals surface area contributed by atoms with E-state index in [4.69, 9.17) is 4.98 Å². The van der Waals surface area contributed by atoms with Crippen LogP contribution >= 0.6 is 11.3 Å². The summed E-state index contributed by atoms with van der Waals surface area (Å²) < 4.78 is 2.21. The highest BCUT2D eigenvalue weighted by Gasteiger charge is 2.25. The first-order valence-corrected chi connectivity index (χ1v) is 8.68. The average molecular weight is 317 g/mol. The number of thiophene rings is 1. The van der Waals surface area contributed by atoms with E-state index in [9.17, 15) is 4.79 Å². The van der Waals surface area contributed by atoms with Crippen molar-refractivity contribution in [3.05, 3.63) is 40.1 Å². The zero-order valence-corrected chi connectivity index (χ0v) is 14.2. The number of amides is 1. The largest absolute Gasteiger partial charge is 0.351 e. The summed E-state index contributed by atoms with van der Waals surface area (Å²) in [5.41, 5.74) is 1.20. The Morgan fingerprint density at radius 1 is 1.50 bits per heavy atom. The Morgan fingerprint density at radius 2 is 2.32 bits per heavy atom. The van der Waals surface area contributed by atoms with Crippen molar-refractivity contribution in [3.63, 3.8) is 0 Å². The molecule has 118 valence electrons. The standard InChI is InChI=1S/C17H23N3OS/c1-17(2,3)14-11-20-10-12(6-7-15(20)19-14)18-16(21)9-13-5-4-8-22-13/h4-5,8,11-12H,6-7,9-10H2,1-3H3,(H,18,21)/t12-/m0/s1. The summed E-state index contributed by atoms with van der Waals surface area (Å²) in [5.74, 6) is 1.26. The predicted octanol–water partition coefficient (Wildman–Crippen LogP) is 2.92. The normalized spacial score (nSPS) is 18.0. The van der Waals surface area contributed by atoms with Crippen molar-refractivity contribution in [1.29, 1.82) is 0 Å². The zero-order chi connectivity index (χ0) is 15.7. The SMILES string of the molecule is CC(C)(C)c1cn2c(n1)CC[C@H](NC(=O)Cc1cccs1)C2. The Hall–Kier alpha value is -1.62. The molecule has 0 fully saturated rings. The molecule has 1 aliphatic heterocycles. The van der Waals surface area contributed by atoms with Gasteiger partial charge in [-0.2, -0.15) is 0 Å². The minimum Gasteiger partial charge on any atom is -0.351 e. The molecule has 1 aliphatic rings. The minimum absolute atomic E-state index is 0.0717. The van der Waals surface area contributed by atoms with Gasteiger partial charge >= 0.3 is 0 Å². The van der Waals surface area contributed by atoms with Crippen molar-refractivity contribution in [2.24, 2.45) is 0 Å². The fourth-order valence-corrected chi connectivity index (χ4v) is 3.48. The number of nitrogens with zero attached hydrogens (tertiary/aromatic N) is 2. The second kappa shape index (κ2) is 5.88. The first-order valence-electron chi connectivity index (χ1n) is 7.80. The molecule has 0 unspecified atom stereocenters. The van der Waals surface area contributed by atoms with Gasteiger partial charge in [0.25, 0.3) is 0 Å². The third-order valence-electron chi connectivity index (χ3n) is 4.04. The van der Waals surface area contributed by atoms with Gasteiger partial charge in [0.15, 0.2) is 0 Å². The summed E-state index contributed by atoms with van der Waals surface area (Å²) in [4.78, 5) is 18.0. The van der Waals surface area contributed by atoms with Gasteiger partial charge in [0.1, 0.15) is 5.82 Å². The van der Waals surface area contributed by atoms with Gasteiger partial charge in [-0.15, -0.1) is 11.3 Å². The molecular weight excluding hydrogens is 294 g/mol. The van der Waals surface area contributed by atoms with E-state index in [2.05, 4.69) is 36.9 Å². The van der Waals surface area contributed by atoms with Crippen LogP contribution in [0.1, 0.15) is 43.6 Å². The number of fused-ring (bicyclic) bond motifs is 1. The Morgan fingerprint density at radius 3 is 3.00 bits per heavy atom. The molecule has 3 rings (SSSR count). The van der Waals surface area contributed by atoms with Crippen molar-refractivity contribution in [2.45, 2.75) is 58.0 Å². The molecule has 0 aromatic carbocycles. The quantitative estimate of drug-likeness (QED) is 0.946. The first-order chi connectivity index (χ1) is 10.4. The number of aromatic nitrogens is 2. The van der Waals surface area contributed by atoms with Gasteiger partial charge in [-0.05, 0) is 17.9 Å². The topological polar surface area (TPSA) is 46.9 Å². The summed E-state index contributed by atoms with van der Waals surface area (Å²) in [6.07, 6.45) is 4.53. The van der Waals surface area contributed by atoms with Crippen LogP contribution < -0.4 is 5.32 Å². The Labute approximate surface area is 135 Å². The second-order valence-electron chi connectivity index (χ2n) is 7.00. The van der Waals surface area contributed by atoms with E-state index in [1.165, 1.54) is 0 Å². The number of rotatable bonds is 3. The van der Waals surface area contributed by atoms with E-state index >= 15 is 0 Å². The van der Waals surface area contributed by atoms with Gasteiger partial charge in [-0.25, -0.2) is 4.98 Å². The van der Waals surface area contributed by atoms with E-state index < -0.39 is 0 Å². The van der Waals surface area contributed by atoms with Gasteiger partial charge in [0.2, 0.25) is 5.91 Å². The molecule has 1 atom stereocenters. The molecule has 0 saturated heterocycles. The van der Waals surface area contributed by atoms with Gasteiger partial charge < -0.3 is 9.88 Å². The summed E-state index contributed by atoms with van der Waals surface area (Å²) in [5, 5.41) is 5.17. The highest BCUT2D eigenvalue weighted by Crippen LogP contribution is 2.24. The monoisotopic (exact) mass is 317 g/mol. The Balaban J connectivity index is 1.62. The lowest BCUT2D eigenvalue weighted by molar-refractivity contribution is -0.121. The van der Waals surface area contributed by atoms with Crippen molar-refractivity contribution < 1.29 is 4.79 Å². The Bertz CT molecular complexity index is 652. The summed E-state index contributed by atoms with van der Waals surface area (Å²) >= 11 is 1.63. The van der Waals surface area contributed by atoms with Gasteiger partial charge in [-0.1, -0.05) is 26.8 Å². The molecular formula is C17H23N3OS. The van der Waals surface area contributed by atoms with Crippen LogP contribution in [0.5, 0.6) is 0 Å². The highest BCUT2D eigenvalue weighted by molar-refractivity contribution is 7.10. The van der Waals surface area contributed by atoms with E-state index in [0.717, 1.165) is 35.8 Å². The maximum Gasteiger partial charge on any atom is 0.225 e. The van der Waals surface area contributed by atoms with Crippen LogP contribution in [0, 0.1) is 0 Å². The van der Waals surface area contributed by atoms with E-state index in [0.29, 0.717) is 6.42 Å². The van der Waals surface area contributed by atoms with Crippen LogP contribution in [-0.4, -0.2) is 21.5 Å². The second-order valence-corrected chi connectivity index (χ2v) is 8.04. The molecule has 0 saturated carbocycles. The van der Waals surface area contributed by atoms with Crippen LogP contribution in [-0.2, 0) is 29.6 Å². The average Bonchev–Trinajstić information content (AvgIpc) is 3.06. The number of aryl methyl sites for hydroxylation is 1. The molecule has 0 bridgehead atoms. The van der Waals surface area contributed by atoms with Gasteiger partial charge in [0.05, 0.1) is 12.1 Å². The van der Waals surface area contributed by atoms with Crippen molar-refractivity contribution >= 4 is 17.2 Å². The molecule has 1 amide bonds. The van der Waals surface area contributed by atoms with Crippen molar-refractivity contribution in [1.82, 2.24) is 14.9 Å². The lowest BCUT2D eigenvalue weighted by atomic mass is 9.93. The van der Waals surface area contributed by atoms with Gasteiger partial charge in [0, 0.05) is 35.5 Å². The van der Waals surface area contributed by atoms with Crippen molar-refractivity contribution in [2.75, 3.05) is 0 Å². The van der Waals surface area contributed by atoms with Crippen LogP contribution in [0.15, 0.2) is 23.7 Å². The molecule has 22 heavy (non-hydrogen) atoms. The molecule has 1 N–H and O–H groups in total. The fraction of sp³-hybridized carbons (Fsp3) is 0.529. The van der Waals surface area contributed by atoms with Crippen LogP contribution in [0.4, 0.5) is 0 Å². The van der Waals surface area contributed by atoms with E-state index in [1.54, 1.807) is 11.3 Å². The van der Waals surface area contributed by atoms with Crippen LogP contribution in [0.2, 0.25) is 0 Å². The molecule has 2 aromatic rings. The number of imidazole rings is 1. The highest BCUT2D eigenvalue weighted by atomic mass is 32.1. The third kappa shape index (κ3) is 3.40. The molecule has 0 spiro atoms. The summed E-state index contributed by atoms with van der Waals surface area (Å²) in [6.45, 7) is 7.37. The molecule has 0 aliphatic carbocycles. The number of carbonyl (C=O) groups excluding carboxylic acids is 1. The van der Waals surface area contributed by atoms with E-state index in [-0.39, 0.29) is 17.4 Å². The lowest BCUT2D eigenvalue weighted by Crippen LogP contribution is -2.41. The van der Waals surface area contributed by atoms with Crippen LogP contribution in [0.3, 0.4) is 0 Å². The predicted molar refractivity (Wildman–Crippen MR) is 89.2 cm³/mol. The summed E-state index contributed by atoms with van der Waals surface area (Å²) in [7, 11) is 0. The number of hydrogen-bond donors (Lipinski definition) is 1. The molecule has 5 heteroatoms. The third-order valence-corrected chi connectivity index (χ3v) is 4.92. The maximum absolute atomic E-state index is 12.1. The molecule has 3 heterocycles. The van der Waals surface area contributed by atoms with Crippen LogP contribution in [0.25, 0.3) is 0 Å². The fourth-order valence-electron chi connectivity index (χ4n) is 2.77. The Kier molecular flexibility index (Phi) is 4.08. The number of hydrogen-bond acceptors (Lipinski definition) is 3.